The first-order valence-electron chi connectivity index (χ1n) is 4.66. The predicted molar refractivity (Wildman–Crippen MR) is 78.2 cm³/mol. The zero-order chi connectivity index (χ0) is 12.8. The number of hydrogen-bond acceptors (Lipinski definition) is 4. The van der Waals surface area contributed by atoms with Crippen LogP contribution in [0.2, 0.25) is 10.0 Å². The Kier molecular flexibility index (Phi) is 6.01. The van der Waals surface area contributed by atoms with E-state index in [4.69, 9.17) is 27.9 Å². The third kappa shape index (κ3) is 4.69. The van der Waals surface area contributed by atoms with Gasteiger partial charge in [-0.15, -0.1) is 0 Å². The highest BCUT2D eigenvalue weighted by molar-refractivity contribution is 14.1. The van der Waals surface area contributed by atoms with E-state index in [1.54, 1.807) is 47.7 Å². The monoisotopic (exact) mass is 386 g/mol. The fourth-order valence-corrected chi connectivity index (χ4v) is 1.65. The van der Waals surface area contributed by atoms with Gasteiger partial charge < -0.3 is 4.74 Å². The first kappa shape index (κ1) is 14.5. The number of nitrogens with zero attached hydrogens (tertiary/aromatic N) is 1. The molecule has 1 aromatic carbocycles. The predicted octanol–water partition coefficient (Wildman–Crippen LogP) is 3.72. The maximum Gasteiger partial charge on any atom is 0.365 e. The molecule has 0 bridgehead atoms. The summed E-state index contributed by atoms with van der Waals surface area (Å²) in [5.41, 5.74) is 3.23. The molecule has 1 N–H and O–H groups in total. The SMILES string of the molecule is CCOC(=O)/C(I)=N/Nc1ccc(Cl)cc1Cl. The molecule has 0 saturated heterocycles. The van der Waals surface area contributed by atoms with Gasteiger partial charge in [-0.25, -0.2) is 4.79 Å². The molecule has 0 aliphatic carbocycles. The van der Waals surface area contributed by atoms with E-state index in [0.717, 1.165) is 0 Å². The smallest absolute Gasteiger partial charge is 0.365 e. The van der Waals surface area contributed by atoms with Gasteiger partial charge in [-0.3, -0.25) is 5.43 Å². The molecule has 0 aliphatic heterocycles. The third-order valence-electron chi connectivity index (χ3n) is 1.65. The summed E-state index contributed by atoms with van der Waals surface area (Å²) in [7, 11) is 0. The highest BCUT2D eigenvalue weighted by atomic mass is 127. The zero-order valence-corrected chi connectivity index (χ0v) is 12.5. The fourth-order valence-electron chi connectivity index (χ4n) is 0.926. The molecule has 92 valence electrons. The Hall–Kier alpha value is -0.530. The summed E-state index contributed by atoms with van der Waals surface area (Å²) in [6.07, 6.45) is 0. The van der Waals surface area contributed by atoms with Crippen molar-refractivity contribution in [3.8, 4) is 0 Å². The van der Waals surface area contributed by atoms with E-state index in [1.165, 1.54) is 0 Å². The minimum Gasteiger partial charge on any atom is -0.461 e. The Morgan fingerprint density at radius 3 is 2.82 bits per heavy atom. The molecular formula is C10H9Cl2IN2O2. The number of benzene rings is 1. The zero-order valence-electron chi connectivity index (χ0n) is 8.84. The van der Waals surface area contributed by atoms with Crippen molar-refractivity contribution >= 4 is 61.2 Å². The second-order valence-corrected chi connectivity index (χ2v) is 4.72. The highest BCUT2D eigenvalue weighted by Gasteiger charge is 2.08. The van der Waals surface area contributed by atoms with Crippen molar-refractivity contribution in [2.24, 2.45) is 5.10 Å². The fraction of sp³-hybridized carbons (Fsp3) is 0.200. The Balaban J connectivity index is 2.72. The van der Waals surface area contributed by atoms with Gasteiger partial charge in [0.25, 0.3) is 0 Å². The number of nitrogens with one attached hydrogen (secondary N) is 1. The number of hydrogen-bond donors (Lipinski definition) is 1. The summed E-state index contributed by atoms with van der Waals surface area (Å²) in [4.78, 5) is 11.2. The lowest BCUT2D eigenvalue weighted by molar-refractivity contribution is -0.134. The average Bonchev–Trinajstić information content (AvgIpc) is 2.27. The van der Waals surface area contributed by atoms with Crippen molar-refractivity contribution in [1.82, 2.24) is 0 Å². The number of ether oxygens (including phenoxy) is 1. The van der Waals surface area contributed by atoms with E-state index < -0.39 is 5.97 Å². The molecule has 0 aromatic heterocycles. The van der Waals surface area contributed by atoms with Crippen LogP contribution in [0.25, 0.3) is 0 Å². The minimum atomic E-state index is -0.481. The molecule has 0 heterocycles. The van der Waals surface area contributed by atoms with E-state index in [9.17, 15) is 4.79 Å². The molecule has 1 aromatic rings. The van der Waals surface area contributed by atoms with E-state index in [0.29, 0.717) is 22.3 Å². The molecule has 0 fully saturated rings. The molecule has 0 unspecified atom stereocenters. The van der Waals surface area contributed by atoms with Crippen molar-refractivity contribution in [2.45, 2.75) is 6.92 Å². The van der Waals surface area contributed by atoms with Gasteiger partial charge in [-0.05, 0) is 47.7 Å². The lowest BCUT2D eigenvalue weighted by atomic mass is 10.3. The van der Waals surface area contributed by atoms with E-state index >= 15 is 0 Å². The molecule has 1 rings (SSSR count). The summed E-state index contributed by atoms with van der Waals surface area (Å²) in [5.74, 6) is -0.481. The molecule has 0 atom stereocenters. The Morgan fingerprint density at radius 1 is 1.53 bits per heavy atom. The number of hydrazone groups is 1. The first-order chi connectivity index (χ1) is 8.04. The number of anilines is 1. The maximum absolute atomic E-state index is 11.2. The normalized spacial score (nSPS) is 11.2. The second kappa shape index (κ2) is 7.03. The largest absolute Gasteiger partial charge is 0.461 e. The van der Waals surface area contributed by atoms with Gasteiger partial charge in [0.15, 0.2) is 0 Å². The maximum atomic E-state index is 11.2. The van der Waals surface area contributed by atoms with Crippen LogP contribution in [-0.4, -0.2) is 16.3 Å². The van der Waals surface area contributed by atoms with Gasteiger partial charge in [0, 0.05) is 5.02 Å². The van der Waals surface area contributed by atoms with Crippen molar-refractivity contribution in [2.75, 3.05) is 12.0 Å². The number of rotatable bonds is 4. The summed E-state index contributed by atoms with van der Waals surface area (Å²) < 4.78 is 4.96. The van der Waals surface area contributed by atoms with Crippen molar-refractivity contribution in [3.63, 3.8) is 0 Å². The van der Waals surface area contributed by atoms with Crippen LogP contribution < -0.4 is 5.43 Å². The molecule has 4 nitrogen and oxygen atoms in total. The number of carbonyl (C=O) groups is 1. The number of esters is 1. The van der Waals surface area contributed by atoms with Crippen LogP contribution in [0.5, 0.6) is 0 Å². The molecule has 0 amide bonds. The van der Waals surface area contributed by atoms with Crippen LogP contribution in [0.3, 0.4) is 0 Å². The Bertz CT molecular complexity index is 452. The van der Waals surface area contributed by atoms with E-state index in [1.807, 2.05) is 0 Å². The molecular weight excluding hydrogens is 378 g/mol. The molecule has 0 saturated carbocycles. The minimum absolute atomic E-state index is 0.190. The lowest BCUT2D eigenvalue weighted by Crippen LogP contribution is -2.12. The van der Waals surface area contributed by atoms with Crippen molar-refractivity contribution in [1.29, 1.82) is 0 Å². The molecule has 17 heavy (non-hydrogen) atoms. The van der Waals surface area contributed by atoms with Crippen LogP contribution in [0.1, 0.15) is 6.92 Å². The summed E-state index contributed by atoms with van der Waals surface area (Å²) >= 11 is 13.4. The van der Waals surface area contributed by atoms with Gasteiger partial charge in [-0.1, -0.05) is 23.2 Å². The quantitative estimate of drug-likeness (QED) is 0.371. The van der Waals surface area contributed by atoms with E-state index in [-0.39, 0.29) is 3.72 Å². The average molecular weight is 387 g/mol. The molecule has 0 aliphatic rings. The highest BCUT2D eigenvalue weighted by Crippen LogP contribution is 2.25. The van der Waals surface area contributed by atoms with Gasteiger partial charge >= 0.3 is 5.97 Å². The Labute approximate surface area is 122 Å². The van der Waals surface area contributed by atoms with Crippen LogP contribution in [0.15, 0.2) is 23.3 Å². The lowest BCUT2D eigenvalue weighted by Gasteiger charge is -2.04. The van der Waals surface area contributed by atoms with Crippen LogP contribution in [0, 0.1) is 0 Å². The summed E-state index contributed by atoms with van der Waals surface area (Å²) in [6, 6.07) is 4.92. The van der Waals surface area contributed by atoms with Crippen molar-refractivity contribution < 1.29 is 9.53 Å². The molecule has 7 heteroatoms. The molecule has 0 radical (unpaired) electrons. The second-order valence-electron chi connectivity index (χ2n) is 2.86. The van der Waals surface area contributed by atoms with Gasteiger partial charge in [-0.2, -0.15) is 5.10 Å². The molecule has 0 spiro atoms. The number of carbonyl (C=O) groups excluding carboxylic acids is 1. The summed E-state index contributed by atoms with van der Waals surface area (Å²) in [6.45, 7) is 2.04. The third-order valence-corrected chi connectivity index (χ3v) is 2.88. The van der Waals surface area contributed by atoms with Gasteiger partial charge in [0.2, 0.25) is 3.72 Å². The van der Waals surface area contributed by atoms with Gasteiger partial charge in [0.1, 0.15) is 0 Å². The Morgan fingerprint density at radius 2 is 2.24 bits per heavy atom. The standard InChI is InChI=1S/C10H9Cl2IN2O2/c1-2-17-10(16)9(13)15-14-8-4-3-6(11)5-7(8)12/h3-5,14H,2H2,1H3/b15-9-. The van der Waals surface area contributed by atoms with Crippen LogP contribution in [-0.2, 0) is 9.53 Å². The van der Waals surface area contributed by atoms with Crippen LogP contribution in [0.4, 0.5) is 5.69 Å². The number of halogens is 3. The summed E-state index contributed by atoms with van der Waals surface area (Å²) in [5, 5.41) is 4.81. The van der Waals surface area contributed by atoms with Crippen molar-refractivity contribution in [3.05, 3.63) is 28.2 Å². The first-order valence-corrected chi connectivity index (χ1v) is 6.49. The van der Waals surface area contributed by atoms with E-state index in [2.05, 4.69) is 10.5 Å². The van der Waals surface area contributed by atoms with Gasteiger partial charge in [0.05, 0.1) is 17.3 Å². The van der Waals surface area contributed by atoms with Crippen LogP contribution >= 0.6 is 45.8 Å². The topological polar surface area (TPSA) is 50.7 Å².